The fourth-order valence-corrected chi connectivity index (χ4v) is 4.17. The number of alkyl halides is 3. The summed E-state index contributed by atoms with van der Waals surface area (Å²) in [6, 6.07) is 3.21. The van der Waals surface area contributed by atoms with E-state index in [1.54, 1.807) is 18.5 Å². The number of benzene rings is 1. The number of hydrogen-bond acceptors (Lipinski definition) is 5. The maximum absolute atomic E-state index is 12.6. The zero-order valence-corrected chi connectivity index (χ0v) is 15.9. The molecule has 2 aromatic rings. The number of amides is 1. The van der Waals surface area contributed by atoms with Gasteiger partial charge < -0.3 is 11.1 Å². The molecule has 9 heteroatoms. The van der Waals surface area contributed by atoms with Crippen LogP contribution >= 0.6 is 0 Å². The fraction of sp³-hybridized carbons (Fsp3) is 0.500. The summed E-state index contributed by atoms with van der Waals surface area (Å²) in [5.41, 5.74) is 7.61. The van der Waals surface area contributed by atoms with Crippen molar-refractivity contribution >= 4 is 16.9 Å². The summed E-state index contributed by atoms with van der Waals surface area (Å²) in [7, 11) is 0. The second-order valence-corrected chi connectivity index (χ2v) is 7.71. The molecule has 154 valence electrons. The number of nitrogens with zero attached hydrogens (tertiary/aromatic N) is 3. The smallest absolute Gasteiger partial charge is 0.354 e. The van der Waals surface area contributed by atoms with Gasteiger partial charge >= 0.3 is 6.18 Å². The van der Waals surface area contributed by atoms with E-state index in [0.717, 1.165) is 18.4 Å². The number of carbonyl (C=O) groups excluding carboxylic acids is 1. The van der Waals surface area contributed by atoms with E-state index in [0.29, 0.717) is 28.9 Å². The van der Waals surface area contributed by atoms with Crippen LogP contribution in [-0.4, -0.2) is 34.6 Å². The van der Waals surface area contributed by atoms with Crippen LogP contribution in [0.2, 0.25) is 0 Å². The minimum Gasteiger partial charge on any atom is -0.354 e. The number of rotatable bonds is 4. The van der Waals surface area contributed by atoms with Crippen molar-refractivity contribution < 1.29 is 18.0 Å². The van der Waals surface area contributed by atoms with Gasteiger partial charge in [0.05, 0.1) is 11.1 Å². The molecule has 1 aromatic carbocycles. The molecule has 3 rings (SSSR count). The highest BCUT2D eigenvalue weighted by atomic mass is 19.4. The first kappa shape index (κ1) is 21.0. The van der Waals surface area contributed by atoms with Crippen LogP contribution in [0.4, 0.5) is 13.2 Å². The van der Waals surface area contributed by atoms with Gasteiger partial charge in [-0.3, -0.25) is 14.8 Å². The number of nitrogens with two attached hydrogens (primary N) is 1. The van der Waals surface area contributed by atoms with Crippen molar-refractivity contribution in [2.24, 2.45) is 17.6 Å². The van der Waals surface area contributed by atoms with Gasteiger partial charge in [0.2, 0.25) is 5.91 Å². The summed E-state index contributed by atoms with van der Waals surface area (Å²) in [6.45, 7) is 2.23. The van der Waals surface area contributed by atoms with Crippen LogP contribution in [0.5, 0.6) is 0 Å². The molecule has 1 saturated carbocycles. The van der Waals surface area contributed by atoms with Gasteiger partial charge in [0.1, 0.15) is 11.6 Å². The number of fused-ring (bicyclic) bond motifs is 1. The van der Waals surface area contributed by atoms with E-state index in [1.165, 1.54) is 0 Å². The number of aromatic nitrogens is 2. The zero-order valence-electron chi connectivity index (χ0n) is 15.9. The monoisotopic (exact) mass is 405 g/mol. The Bertz CT molecular complexity index is 940. The Labute approximate surface area is 166 Å². The van der Waals surface area contributed by atoms with Crippen molar-refractivity contribution in [2.45, 2.75) is 44.3 Å². The minimum atomic E-state index is -4.76. The van der Waals surface area contributed by atoms with E-state index in [1.807, 2.05) is 6.07 Å². The van der Waals surface area contributed by atoms with Crippen LogP contribution in [-0.2, 0) is 4.79 Å². The van der Waals surface area contributed by atoms with E-state index in [4.69, 9.17) is 5.73 Å². The molecule has 1 aliphatic carbocycles. The van der Waals surface area contributed by atoms with Crippen LogP contribution in [0.15, 0.2) is 24.5 Å². The van der Waals surface area contributed by atoms with Crippen molar-refractivity contribution in [3.05, 3.63) is 35.7 Å². The van der Waals surface area contributed by atoms with Gasteiger partial charge in [-0.05, 0) is 48.6 Å². The van der Waals surface area contributed by atoms with Crippen molar-refractivity contribution in [3.63, 3.8) is 0 Å². The number of hydrogen-bond donors (Lipinski definition) is 2. The van der Waals surface area contributed by atoms with Gasteiger partial charge in [-0.25, -0.2) is 0 Å². The van der Waals surface area contributed by atoms with E-state index >= 15 is 0 Å². The molecule has 1 aliphatic rings. The van der Waals surface area contributed by atoms with Gasteiger partial charge in [0.25, 0.3) is 0 Å². The normalized spacial score (nSPS) is 23.4. The first-order valence-corrected chi connectivity index (χ1v) is 9.44. The molecule has 29 heavy (non-hydrogen) atoms. The van der Waals surface area contributed by atoms with Crippen LogP contribution in [0.25, 0.3) is 11.0 Å². The van der Waals surface area contributed by atoms with Gasteiger partial charge in [-0.2, -0.15) is 18.4 Å². The lowest BCUT2D eigenvalue weighted by Gasteiger charge is -2.34. The minimum absolute atomic E-state index is 0.0236. The second-order valence-electron chi connectivity index (χ2n) is 7.71. The topological polar surface area (TPSA) is 105 Å². The van der Waals surface area contributed by atoms with Crippen LogP contribution in [0.1, 0.15) is 43.2 Å². The molecule has 1 heterocycles. The molecule has 3 N–H and O–H groups in total. The SMILES string of the molecule is C[C@H]1C[C@@H](CNC(=O)[C@H](N)C(F)(F)F)C[C@@H](c2ccc(C#N)c3nccnc23)C1. The molecule has 0 radical (unpaired) electrons. The highest BCUT2D eigenvalue weighted by Gasteiger charge is 2.42. The summed E-state index contributed by atoms with van der Waals surface area (Å²) in [5, 5.41) is 11.6. The zero-order chi connectivity index (χ0) is 21.2. The number of nitrogens with one attached hydrogen (secondary N) is 1. The highest BCUT2D eigenvalue weighted by Crippen LogP contribution is 2.41. The standard InChI is InChI=1S/C20H22F3N5O/c1-11-6-12(10-28-19(29)18(25)20(21,22)23)8-14(7-11)15-3-2-13(9-24)16-17(15)27-5-4-26-16/h2-5,11-12,14,18H,6-8,10,25H2,1H3,(H,28,29)/t11-,12+,14-,18-/m0/s1. The van der Waals surface area contributed by atoms with Crippen molar-refractivity contribution in [3.8, 4) is 6.07 Å². The predicted molar refractivity (Wildman–Crippen MR) is 101 cm³/mol. The summed E-state index contributed by atoms with van der Waals surface area (Å²) in [5.74, 6) is -0.740. The van der Waals surface area contributed by atoms with Gasteiger partial charge in [0.15, 0.2) is 6.04 Å². The fourth-order valence-electron chi connectivity index (χ4n) is 4.17. The van der Waals surface area contributed by atoms with Gasteiger partial charge in [-0.15, -0.1) is 0 Å². The van der Waals surface area contributed by atoms with Crippen molar-refractivity contribution in [2.75, 3.05) is 6.54 Å². The van der Waals surface area contributed by atoms with E-state index in [9.17, 15) is 23.2 Å². The Morgan fingerprint density at radius 3 is 2.62 bits per heavy atom. The summed E-state index contributed by atoms with van der Waals surface area (Å²) < 4.78 is 37.8. The molecule has 1 amide bonds. The lowest BCUT2D eigenvalue weighted by molar-refractivity contribution is -0.162. The third kappa shape index (κ3) is 4.65. The quantitative estimate of drug-likeness (QED) is 0.814. The van der Waals surface area contributed by atoms with Crippen molar-refractivity contribution in [1.29, 1.82) is 5.26 Å². The highest BCUT2D eigenvalue weighted by molar-refractivity contribution is 5.84. The molecule has 4 atom stereocenters. The van der Waals surface area contributed by atoms with E-state index in [2.05, 4.69) is 28.3 Å². The average Bonchev–Trinajstić information content (AvgIpc) is 2.69. The Morgan fingerprint density at radius 1 is 1.28 bits per heavy atom. The first-order valence-electron chi connectivity index (χ1n) is 9.44. The molecule has 1 fully saturated rings. The largest absolute Gasteiger partial charge is 0.412 e. The maximum Gasteiger partial charge on any atom is 0.412 e. The maximum atomic E-state index is 12.6. The molecular weight excluding hydrogens is 383 g/mol. The Kier molecular flexibility index (Phi) is 6.03. The lowest BCUT2D eigenvalue weighted by atomic mass is 9.73. The van der Waals surface area contributed by atoms with E-state index in [-0.39, 0.29) is 18.4 Å². The van der Waals surface area contributed by atoms with Gasteiger partial charge in [0, 0.05) is 18.9 Å². The molecular formula is C20H22F3N5O. The second kappa shape index (κ2) is 8.33. The molecule has 6 nitrogen and oxygen atoms in total. The van der Waals surface area contributed by atoms with Crippen LogP contribution in [0.3, 0.4) is 0 Å². The molecule has 0 spiro atoms. The third-order valence-electron chi connectivity index (χ3n) is 5.46. The molecule has 0 aliphatic heterocycles. The first-order chi connectivity index (χ1) is 13.7. The van der Waals surface area contributed by atoms with Crippen LogP contribution in [0, 0.1) is 23.2 Å². The average molecular weight is 405 g/mol. The predicted octanol–water partition coefficient (Wildman–Crippen LogP) is 3.03. The summed E-state index contributed by atoms with van der Waals surface area (Å²) in [4.78, 5) is 20.4. The summed E-state index contributed by atoms with van der Waals surface area (Å²) >= 11 is 0. The summed E-state index contributed by atoms with van der Waals surface area (Å²) in [6.07, 6.45) is 0.756. The number of nitriles is 1. The Balaban J connectivity index is 1.77. The lowest BCUT2D eigenvalue weighted by Crippen LogP contribution is -2.51. The Hall–Kier alpha value is -2.73. The molecule has 0 bridgehead atoms. The number of halogens is 3. The van der Waals surface area contributed by atoms with Gasteiger partial charge in [-0.1, -0.05) is 13.0 Å². The number of carbonyl (C=O) groups is 1. The third-order valence-corrected chi connectivity index (χ3v) is 5.46. The Morgan fingerprint density at radius 2 is 1.97 bits per heavy atom. The molecule has 1 aromatic heterocycles. The van der Waals surface area contributed by atoms with Crippen LogP contribution < -0.4 is 11.1 Å². The van der Waals surface area contributed by atoms with Crippen molar-refractivity contribution in [1.82, 2.24) is 15.3 Å². The molecule has 0 saturated heterocycles. The molecule has 0 unspecified atom stereocenters. The van der Waals surface area contributed by atoms with E-state index < -0.39 is 18.1 Å².